The van der Waals surface area contributed by atoms with Crippen molar-refractivity contribution < 1.29 is 4.74 Å². The molecule has 0 bridgehead atoms. The van der Waals surface area contributed by atoms with Crippen LogP contribution in [-0.4, -0.2) is 22.0 Å². The highest BCUT2D eigenvalue weighted by Crippen LogP contribution is 2.41. The van der Waals surface area contributed by atoms with Crippen LogP contribution in [0.25, 0.3) is 0 Å². The SMILES string of the molecule is CCOC1(C(N)c2ccn(C)n2)CCC(C)CC1. The minimum atomic E-state index is -0.213. The van der Waals surface area contributed by atoms with Crippen molar-refractivity contribution in [2.24, 2.45) is 18.7 Å². The van der Waals surface area contributed by atoms with Crippen molar-refractivity contribution in [1.29, 1.82) is 0 Å². The Morgan fingerprint density at radius 3 is 2.72 bits per heavy atom. The second-order valence-electron chi connectivity index (χ2n) is 5.57. The summed E-state index contributed by atoms with van der Waals surface area (Å²) in [6.07, 6.45) is 6.42. The van der Waals surface area contributed by atoms with E-state index in [1.54, 1.807) is 4.68 Å². The van der Waals surface area contributed by atoms with Crippen LogP contribution in [0.15, 0.2) is 12.3 Å². The first-order valence-corrected chi connectivity index (χ1v) is 6.96. The molecule has 0 spiro atoms. The average molecular weight is 251 g/mol. The van der Waals surface area contributed by atoms with Gasteiger partial charge in [-0.1, -0.05) is 6.92 Å². The molecule has 1 unspecified atom stereocenters. The van der Waals surface area contributed by atoms with Crippen molar-refractivity contribution in [3.05, 3.63) is 18.0 Å². The zero-order valence-electron chi connectivity index (χ0n) is 11.7. The van der Waals surface area contributed by atoms with Crippen molar-refractivity contribution in [2.45, 2.75) is 51.2 Å². The van der Waals surface area contributed by atoms with Crippen molar-refractivity contribution >= 4 is 0 Å². The summed E-state index contributed by atoms with van der Waals surface area (Å²) in [6, 6.07) is 1.88. The Morgan fingerprint density at radius 2 is 2.22 bits per heavy atom. The fraction of sp³-hybridized carbons (Fsp3) is 0.786. The molecule has 0 aromatic carbocycles. The fourth-order valence-corrected chi connectivity index (χ4v) is 2.95. The summed E-state index contributed by atoms with van der Waals surface area (Å²) in [5, 5.41) is 4.44. The van der Waals surface area contributed by atoms with Crippen molar-refractivity contribution in [2.75, 3.05) is 6.61 Å². The van der Waals surface area contributed by atoms with Gasteiger partial charge in [-0.05, 0) is 44.6 Å². The smallest absolute Gasteiger partial charge is 0.0890 e. The van der Waals surface area contributed by atoms with Gasteiger partial charge in [0.15, 0.2) is 0 Å². The van der Waals surface area contributed by atoms with E-state index in [0.29, 0.717) is 0 Å². The monoisotopic (exact) mass is 251 g/mol. The van der Waals surface area contributed by atoms with E-state index in [0.717, 1.165) is 31.1 Å². The lowest BCUT2D eigenvalue weighted by molar-refractivity contribution is -0.0905. The van der Waals surface area contributed by atoms with Gasteiger partial charge in [-0.3, -0.25) is 4.68 Å². The lowest BCUT2D eigenvalue weighted by Crippen LogP contribution is -2.46. The van der Waals surface area contributed by atoms with Gasteiger partial charge in [-0.2, -0.15) is 5.10 Å². The van der Waals surface area contributed by atoms with Gasteiger partial charge < -0.3 is 10.5 Å². The molecule has 0 aliphatic heterocycles. The highest BCUT2D eigenvalue weighted by atomic mass is 16.5. The summed E-state index contributed by atoms with van der Waals surface area (Å²) in [5.41, 5.74) is 7.18. The predicted molar refractivity (Wildman–Crippen MR) is 72.1 cm³/mol. The van der Waals surface area contributed by atoms with Crippen molar-refractivity contribution in [1.82, 2.24) is 9.78 Å². The largest absolute Gasteiger partial charge is 0.373 e. The van der Waals surface area contributed by atoms with Gasteiger partial charge >= 0.3 is 0 Å². The van der Waals surface area contributed by atoms with Gasteiger partial charge in [0.25, 0.3) is 0 Å². The molecule has 1 atom stereocenters. The number of aryl methyl sites for hydroxylation is 1. The molecule has 1 saturated carbocycles. The van der Waals surface area contributed by atoms with E-state index in [9.17, 15) is 0 Å². The lowest BCUT2D eigenvalue weighted by atomic mass is 9.74. The highest BCUT2D eigenvalue weighted by Gasteiger charge is 2.41. The number of nitrogens with zero attached hydrogens (tertiary/aromatic N) is 2. The molecule has 0 radical (unpaired) electrons. The maximum Gasteiger partial charge on any atom is 0.0890 e. The quantitative estimate of drug-likeness (QED) is 0.894. The third-order valence-electron chi connectivity index (χ3n) is 4.17. The summed E-state index contributed by atoms with van der Waals surface area (Å²) in [6.45, 7) is 5.07. The van der Waals surface area contributed by atoms with E-state index in [2.05, 4.69) is 12.0 Å². The molecule has 2 N–H and O–H groups in total. The molecule has 0 amide bonds. The molecule has 1 aromatic heterocycles. The van der Waals surface area contributed by atoms with E-state index < -0.39 is 0 Å². The van der Waals surface area contributed by atoms with Gasteiger partial charge in [-0.15, -0.1) is 0 Å². The Bertz CT molecular complexity index is 380. The summed E-state index contributed by atoms with van der Waals surface area (Å²) < 4.78 is 7.88. The molecule has 2 rings (SSSR count). The summed E-state index contributed by atoms with van der Waals surface area (Å²) >= 11 is 0. The van der Waals surface area contributed by atoms with Crippen molar-refractivity contribution in [3.63, 3.8) is 0 Å². The molecule has 1 heterocycles. The molecule has 4 heteroatoms. The van der Waals surface area contributed by atoms with Gasteiger partial charge in [-0.25, -0.2) is 0 Å². The first-order chi connectivity index (χ1) is 8.57. The summed E-state index contributed by atoms with van der Waals surface area (Å²) in [4.78, 5) is 0. The third-order valence-corrected chi connectivity index (χ3v) is 4.17. The van der Waals surface area contributed by atoms with Crippen LogP contribution >= 0.6 is 0 Å². The Morgan fingerprint density at radius 1 is 1.56 bits per heavy atom. The van der Waals surface area contributed by atoms with Crippen LogP contribution in [0.4, 0.5) is 0 Å². The molecule has 1 aliphatic rings. The lowest BCUT2D eigenvalue weighted by Gasteiger charge is -2.42. The Hall–Kier alpha value is -0.870. The van der Waals surface area contributed by atoms with Crippen LogP contribution in [0.3, 0.4) is 0 Å². The van der Waals surface area contributed by atoms with E-state index in [4.69, 9.17) is 10.5 Å². The molecule has 1 aromatic rings. The Labute approximate surface area is 110 Å². The topological polar surface area (TPSA) is 53.1 Å². The number of ether oxygens (including phenoxy) is 1. The number of hydrogen-bond acceptors (Lipinski definition) is 3. The van der Waals surface area contributed by atoms with E-state index in [-0.39, 0.29) is 11.6 Å². The van der Waals surface area contributed by atoms with Crippen LogP contribution in [0.1, 0.15) is 51.3 Å². The second-order valence-corrected chi connectivity index (χ2v) is 5.57. The summed E-state index contributed by atoms with van der Waals surface area (Å²) in [7, 11) is 1.92. The standard InChI is InChI=1S/C14H25N3O/c1-4-18-14(8-5-11(2)6-9-14)13(15)12-7-10-17(3)16-12/h7,10-11,13H,4-6,8-9,15H2,1-3H3. The Balaban J connectivity index is 2.18. The number of aromatic nitrogens is 2. The van der Waals surface area contributed by atoms with Gasteiger partial charge in [0, 0.05) is 19.9 Å². The highest BCUT2D eigenvalue weighted by molar-refractivity contribution is 5.12. The first-order valence-electron chi connectivity index (χ1n) is 6.96. The van der Waals surface area contributed by atoms with Crippen LogP contribution in [0.5, 0.6) is 0 Å². The second kappa shape index (κ2) is 5.41. The van der Waals surface area contributed by atoms with Crippen LogP contribution in [-0.2, 0) is 11.8 Å². The number of nitrogens with two attached hydrogens (primary N) is 1. The van der Waals surface area contributed by atoms with E-state index in [1.807, 2.05) is 26.2 Å². The van der Waals surface area contributed by atoms with Crippen LogP contribution in [0.2, 0.25) is 0 Å². The van der Waals surface area contributed by atoms with E-state index >= 15 is 0 Å². The van der Waals surface area contributed by atoms with Gasteiger partial charge in [0.2, 0.25) is 0 Å². The van der Waals surface area contributed by atoms with Gasteiger partial charge in [0.05, 0.1) is 17.3 Å². The molecule has 1 aliphatic carbocycles. The van der Waals surface area contributed by atoms with E-state index in [1.165, 1.54) is 12.8 Å². The average Bonchev–Trinajstić information content (AvgIpc) is 2.78. The first kappa shape index (κ1) is 13.6. The van der Waals surface area contributed by atoms with Crippen LogP contribution in [0, 0.1) is 5.92 Å². The third kappa shape index (κ3) is 2.59. The number of hydrogen-bond donors (Lipinski definition) is 1. The normalized spacial score (nSPS) is 30.3. The minimum Gasteiger partial charge on any atom is -0.373 e. The molecule has 4 nitrogen and oxygen atoms in total. The maximum atomic E-state index is 6.45. The summed E-state index contributed by atoms with van der Waals surface area (Å²) in [5.74, 6) is 0.787. The van der Waals surface area contributed by atoms with Gasteiger partial charge in [0.1, 0.15) is 0 Å². The molecular formula is C14H25N3O. The fourth-order valence-electron chi connectivity index (χ4n) is 2.95. The number of rotatable bonds is 4. The Kier molecular flexibility index (Phi) is 4.07. The molecule has 102 valence electrons. The maximum absolute atomic E-state index is 6.45. The molecule has 0 saturated heterocycles. The zero-order valence-corrected chi connectivity index (χ0v) is 11.7. The minimum absolute atomic E-state index is 0.119. The predicted octanol–water partition coefficient (Wildman–Crippen LogP) is 2.41. The molecule has 18 heavy (non-hydrogen) atoms. The van der Waals surface area contributed by atoms with Crippen molar-refractivity contribution in [3.8, 4) is 0 Å². The zero-order chi connectivity index (χ0) is 13.2. The van der Waals surface area contributed by atoms with Crippen LogP contribution < -0.4 is 5.73 Å². The molecule has 1 fully saturated rings. The molecular weight excluding hydrogens is 226 g/mol.